The van der Waals surface area contributed by atoms with Crippen LogP contribution < -0.4 is 5.32 Å². The Bertz CT molecular complexity index is 307. The summed E-state index contributed by atoms with van der Waals surface area (Å²) < 4.78 is 5.53. The standard InChI is InChI=1S/C15H25NO/c1-5-15(16-11-13(4)17-6-2)14-9-7-12(3)8-10-14/h7-10,13,15-16H,5-6,11H2,1-4H3. The van der Waals surface area contributed by atoms with Gasteiger partial charge in [0.1, 0.15) is 0 Å². The summed E-state index contributed by atoms with van der Waals surface area (Å²) in [5.41, 5.74) is 2.67. The molecular weight excluding hydrogens is 210 g/mol. The maximum absolute atomic E-state index is 5.53. The first kappa shape index (κ1) is 14.2. The third kappa shape index (κ3) is 4.88. The van der Waals surface area contributed by atoms with Gasteiger partial charge in [-0.25, -0.2) is 0 Å². The van der Waals surface area contributed by atoms with Crippen LogP contribution in [0.1, 0.15) is 44.4 Å². The first-order chi connectivity index (χ1) is 8.17. The molecule has 2 atom stereocenters. The topological polar surface area (TPSA) is 21.3 Å². The van der Waals surface area contributed by atoms with Crippen molar-refractivity contribution in [1.82, 2.24) is 5.32 Å². The summed E-state index contributed by atoms with van der Waals surface area (Å²) in [6.07, 6.45) is 1.38. The lowest BCUT2D eigenvalue weighted by Crippen LogP contribution is -2.30. The molecule has 0 amide bonds. The van der Waals surface area contributed by atoms with Gasteiger partial charge in [0, 0.05) is 19.2 Å². The molecule has 0 fully saturated rings. The van der Waals surface area contributed by atoms with Crippen LogP contribution in [0.2, 0.25) is 0 Å². The Morgan fingerprint density at radius 2 is 1.82 bits per heavy atom. The lowest BCUT2D eigenvalue weighted by atomic mass is 10.0. The van der Waals surface area contributed by atoms with Gasteiger partial charge in [-0.05, 0) is 32.8 Å². The normalized spacial score (nSPS) is 14.6. The van der Waals surface area contributed by atoms with Gasteiger partial charge >= 0.3 is 0 Å². The van der Waals surface area contributed by atoms with E-state index in [9.17, 15) is 0 Å². The van der Waals surface area contributed by atoms with Gasteiger partial charge in [-0.2, -0.15) is 0 Å². The van der Waals surface area contributed by atoms with E-state index >= 15 is 0 Å². The molecule has 0 aliphatic carbocycles. The smallest absolute Gasteiger partial charge is 0.0671 e. The molecular formula is C15H25NO. The summed E-state index contributed by atoms with van der Waals surface area (Å²) in [5, 5.41) is 3.56. The van der Waals surface area contributed by atoms with E-state index in [1.54, 1.807) is 0 Å². The van der Waals surface area contributed by atoms with E-state index < -0.39 is 0 Å². The SMILES string of the molecule is CCOC(C)CNC(CC)c1ccc(C)cc1. The van der Waals surface area contributed by atoms with Gasteiger partial charge in [0.25, 0.3) is 0 Å². The van der Waals surface area contributed by atoms with Crippen molar-refractivity contribution in [2.45, 2.75) is 46.3 Å². The van der Waals surface area contributed by atoms with Gasteiger partial charge in [0.15, 0.2) is 0 Å². The number of benzene rings is 1. The summed E-state index contributed by atoms with van der Waals surface area (Å²) in [6.45, 7) is 10.2. The fraction of sp³-hybridized carbons (Fsp3) is 0.600. The molecule has 2 heteroatoms. The van der Waals surface area contributed by atoms with Crippen LogP contribution in [0.4, 0.5) is 0 Å². The predicted molar refractivity (Wildman–Crippen MR) is 73.3 cm³/mol. The molecule has 1 aromatic rings. The summed E-state index contributed by atoms with van der Waals surface area (Å²) in [5.74, 6) is 0. The highest BCUT2D eigenvalue weighted by atomic mass is 16.5. The van der Waals surface area contributed by atoms with Gasteiger partial charge in [-0.3, -0.25) is 0 Å². The minimum absolute atomic E-state index is 0.277. The molecule has 0 aromatic heterocycles. The van der Waals surface area contributed by atoms with Crippen LogP contribution >= 0.6 is 0 Å². The minimum atomic E-state index is 0.277. The van der Waals surface area contributed by atoms with Crippen LogP contribution in [0.15, 0.2) is 24.3 Å². The Kier molecular flexibility index (Phi) is 6.23. The van der Waals surface area contributed by atoms with E-state index in [0.29, 0.717) is 6.04 Å². The molecule has 1 aromatic carbocycles. The molecule has 2 nitrogen and oxygen atoms in total. The number of nitrogens with one attached hydrogen (secondary N) is 1. The van der Waals surface area contributed by atoms with E-state index in [0.717, 1.165) is 19.6 Å². The quantitative estimate of drug-likeness (QED) is 0.781. The first-order valence-electron chi connectivity index (χ1n) is 6.58. The van der Waals surface area contributed by atoms with E-state index in [-0.39, 0.29) is 6.10 Å². The third-order valence-electron chi connectivity index (χ3n) is 2.99. The zero-order valence-corrected chi connectivity index (χ0v) is 11.5. The molecule has 0 saturated carbocycles. The monoisotopic (exact) mass is 235 g/mol. The van der Waals surface area contributed by atoms with Crippen molar-refractivity contribution in [2.75, 3.05) is 13.2 Å². The van der Waals surface area contributed by atoms with Crippen LogP contribution in [-0.4, -0.2) is 19.3 Å². The minimum Gasteiger partial charge on any atom is -0.377 e. The molecule has 0 saturated heterocycles. The Labute approximate surface area is 105 Å². The van der Waals surface area contributed by atoms with Crippen molar-refractivity contribution >= 4 is 0 Å². The molecule has 1 rings (SSSR count). The van der Waals surface area contributed by atoms with Gasteiger partial charge in [0.05, 0.1) is 6.10 Å². The zero-order valence-electron chi connectivity index (χ0n) is 11.5. The molecule has 2 unspecified atom stereocenters. The second kappa shape index (κ2) is 7.46. The molecule has 0 spiro atoms. The molecule has 96 valence electrons. The van der Waals surface area contributed by atoms with Crippen molar-refractivity contribution in [3.05, 3.63) is 35.4 Å². The lowest BCUT2D eigenvalue weighted by Gasteiger charge is -2.20. The number of aryl methyl sites for hydroxylation is 1. The number of rotatable bonds is 7. The highest BCUT2D eigenvalue weighted by molar-refractivity contribution is 5.24. The van der Waals surface area contributed by atoms with Crippen LogP contribution in [0.3, 0.4) is 0 Å². The Morgan fingerprint density at radius 3 is 2.35 bits per heavy atom. The zero-order chi connectivity index (χ0) is 12.7. The van der Waals surface area contributed by atoms with Crippen LogP contribution in [0.5, 0.6) is 0 Å². The second-order valence-corrected chi connectivity index (χ2v) is 4.55. The molecule has 17 heavy (non-hydrogen) atoms. The van der Waals surface area contributed by atoms with Crippen molar-refractivity contribution in [3.8, 4) is 0 Å². The van der Waals surface area contributed by atoms with Crippen molar-refractivity contribution in [2.24, 2.45) is 0 Å². The summed E-state index contributed by atoms with van der Waals surface area (Å²) >= 11 is 0. The van der Waals surface area contributed by atoms with Gasteiger partial charge in [-0.1, -0.05) is 36.8 Å². The molecule has 1 N–H and O–H groups in total. The third-order valence-corrected chi connectivity index (χ3v) is 2.99. The van der Waals surface area contributed by atoms with Crippen molar-refractivity contribution in [3.63, 3.8) is 0 Å². The van der Waals surface area contributed by atoms with E-state index in [1.165, 1.54) is 11.1 Å². The molecule has 0 bridgehead atoms. The van der Waals surface area contributed by atoms with Crippen LogP contribution in [0.25, 0.3) is 0 Å². The highest BCUT2D eigenvalue weighted by Gasteiger charge is 2.10. The lowest BCUT2D eigenvalue weighted by molar-refractivity contribution is 0.0738. The van der Waals surface area contributed by atoms with E-state index in [1.807, 2.05) is 6.92 Å². The van der Waals surface area contributed by atoms with Crippen molar-refractivity contribution < 1.29 is 4.74 Å². The Balaban J connectivity index is 2.51. The van der Waals surface area contributed by atoms with E-state index in [4.69, 9.17) is 4.74 Å². The Hall–Kier alpha value is -0.860. The average Bonchev–Trinajstić information content (AvgIpc) is 2.32. The second-order valence-electron chi connectivity index (χ2n) is 4.55. The molecule has 0 aliphatic rings. The average molecular weight is 235 g/mol. The highest BCUT2D eigenvalue weighted by Crippen LogP contribution is 2.17. The van der Waals surface area contributed by atoms with E-state index in [2.05, 4.69) is 50.4 Å². The number of hydrogen-bond acceptors (Lipinski definition) is 2. The largest absolute Gasteiger partial charge is 0.377 e. The first-order valence-corrected chi connectivity index (χ1v) is 6.58. The summed E-state index contributed by atoms with van der Waals surface area (Å²) in [4.78, 5) is 0. The van der Waals surface area contributed by atoms with Gasteiger partial charge in [-0.15, -0.1) is 0 Å². The maximum atomic E-state index is 5.53. The van der Waals surface area contributed by atoms with Crippen LogP contribution in [0, 0.1) is 6.92 Å². The predicted octanol–water partition coefficient (Wildman–Crippen LogP) is 3.46. The van der Waals surface area contributed by atoms with Gasteiger partial charge < -0.3 is 10.1 Å². The van der Waals surface area contributed by atoms with Gasteiger partial charge in [0.2, 0.25) is 0 Å². The van der Waals surface area contributed by atoms with Crippen LogP contribution in [-0.2, 0) is 4.74 Å². The summed E-state index contributed by atoms with van der Waals surface area (Å²) in [6, 6.07) is 9.19. The fourth-order valence-electron chi connectivity index (χ4n) is 1.95. The summed E-state index contributed by atoms with van der Waals surface area (Å²) in [7, 11) is 0. The Morgan fingerprint density at radius 1 is 1.18 bits per heavy atom. The molecule has 0 heterocycles. The molecule has 0 radical (unpaired) electrons. The van der Waals surface area contributed by atoms with Crippen molar-refractivity contribution in [1.29, 1.82) is 0 Å². The maximum Gasteiger partial charge on any atom is 0.0671 e. The number of ether oxygens (including phenoxy) is 1. The number of hydrogen-bond donors (Lipinski definition) is 1. The molecule has 0 aliphatic heterocycles. The fourth-order valence-corrected chi connectivity index (χ4v) is 1.95.